The van der Waals surface area contributed by atoms with Crippen LogP contribution in [0.3, 0.4) is 0 Å². The number of aromatic nitrogens is 1. The molecule has 94 valence electrons. The van der Waals surface area contributed by atoms with Crippen molar-refractivity contribution in [2.75, 3.05) is 0 Å². The van der Waals surface area contributed by atoms with Gasteiger partial charge in [0.2, 0.25) is 0 Å². The Morgan fingerprint density at radius 1 is 1.17 bits per heavy atom. The Morgan fingerprint density at radius 2 is 1.89 bits per heavy atom. The molecule has 4 heteroatoms. The van der Waals surface area contributed by atoms with Gasteiger partial charge in [-0.05, 0) is 29.7 Å². The van der Waals surface area contributed by atoms with Gasteiger partial charge < -0.3 is 5.11 Å². The Labute approximate surface area is 120 Å². The molecule has 1 heterocycles. The highest BCUT2D eigenvalue weighted by molar-refractivity contribution is 9.10. The van der Waals surface area contributed by atoms with Gasteiger partial charge in [0.25, 0.3) is 0 Å². The summed E-state index contributed by atoms with van der Waals surface area (Å²) in [4.78, 5) is 3.93. The first-order valence-corrected chi connectivity index (χ1v) is 6.84. The van der Waals surface area contributed by atoms with Gasteiger partial charge in [0.1, 0.15) is 0 Å². The highest BCUT2D eigenvalue weighted by Gasteiger charge is 2.10. The zero-order valence-electron chi connectivity index (χ0n) is 9.68. The van der Waals surface area contributed by atoms with Gasteiger partial charge in [0, 0.05) is 23.3 Å². The number of benzene rings is 1. The van der Waals surface area contributed by atoms with Crippen LogP contribution in [0.15, 0.2) is 47.2 Å². The van der Waals surface area contributed by atoms with E-state index in [1.165, 1.54) is 0 Å². The second-order valence-corrected chi connectivity index (χ2v) is 5.38. The molecule has 0 saturated heterocycles. The zero-order valence-corrected chi connectivity index (χ0v) is 12.0. The van der Waals surface area contributed by atoms with Gasteiger partial charge in [-0.1, -0.05) is 45.7 Å². The van der Waals surface area contributed by atoms with E-state index in [9.17, 15) is 5.11 Å². The van der Waals surface area contributed by atoms with Crippen molar-refractivity contribution in [1.29, 1.82) is 0 Å². The average molecular weight is 327 g/mol. The fourth-order valence-electron chi connectivity index (χ4n) is 1.81. The van der Waals surface area contributed by atoms with Crippen molar-refractivity contribution in [3.63, 3.8) is 0 Å². The SMILES string of the molecule is OC(Cc1ccncc1Cl)Cc1ccccc1Br. The quantitative estimate of drug-likeness (QED) is 0.930. The summed E-state index contributed by atoms with van der Waals surface area (Å²) in [7, 11) is 0. The third-order valence-electron chi connectivity index (χ3n) is 2.73. The van der Waals surface area contributed by atoms with Gasteiger partial charge in [0.05, 0.1) is 11.1 Å². The molecule has 0 radical (unpaired) electrons. The highest BCUT2D eigenvalue weighted by atomic mass is 79.9. The van der Waals surface area contributed by atoms with Crippen LogP contribution in [0, 0.1) is 0 Å². The third-order valence-corrected chi connectivity index (χ3v) is 3.84. The van der Waals surface area contributed by atoms with Gasteiger partial charge >= 0.3 is 0 Å². The maximum atomic E-state index is 10.1. The maximum Gasteiger partial charge on any atom is 0.0622 e. The van der Waals surface area contributed by atoms with Crippen LogP contribution in [0.4, 0.5) is 0 Å². The van der Waals surface area contributed by atoms with E-state index in [1.807, 2.05) is 30.3 Å². The molecular formula is C14H13BrClNO. The Bertz CT molecular complexity index is 485. The first-order valence-electron chi connectivity index (χ1n) is 5.66. The standard InChI is InChI=1S/C14H13BrClNO/c15-13-4-2-1-3-10(13)7-12(18)8-11-5-6-17-9-14(11)16/h1-6,9,12,18H,7-8H2. The molecule has 2 aromatic rings. The number of rotatable bonds is 4. The zero-order chi connectivity index (χ0) is 13.0. The van der Waals surface area contributed by atoms with Gasteiger partial charge in [-0.2, -0.15) is 0 Å². The molecule has 0 fully saturated rings. The fraction of sp³-hybridized carbons (Fsp3) is 0.214. The number of aliphatic hydroxyl groups is 1. The van der Waals surface area contributed by atoms with E-state index in [2.05, 4.69) is 20.9 Å². The third kappa shape index (κ3) is 3.55. The minimum atomic E-state index is -0.455. The average Bonchev–Trinajstić information content (AvgIpc) is 2.35. The van der Waals surface area contributed by atoms with Crippen molar-refractivity contribution in [3.8, 4) is 0 Å². The van der Waals surface area contributed by atoms with Crippen molar-refractivity contribution in [2.24, 2.45) is 0 Å². The molecule has 1 unspecified atom stereocenters. The first-order chi connectivity index (χ1) is 8.66. The van der Waals surface area contributed by atoms with Gasteiger partial charge in [-0.15, -0.1) is 0 Å². The predicted molar refractivity (Wildman–Crippen MR) is 76.8 cm³/mol. The molecule has 0 aliphatic heterocycles. The van der Waals surface area contributed by atoms with Crippen molar-refractivity contribution in [1.82, 2.24) is 4.98 Å². The Balaban J connectivity index is 2.04. The molecule has 2 nitrogen and oxygen atoms in total. The van der Waals surface area contributed by atoms with E-state index in [0.717, 1.165) is 15.6 Å². The molecule has 0 aliphatic carbocycles. The molecule has 0 bridgehead atoms. The predicted octanol–water partition coefficient (Wildman–Crippen LogP) is 3.64. The largest absolute Gasteiger partial charge is 0.392 e. The minimum Gasteiger partial charge on any atom is -0.392 e. The molecule has 0 aliphatic rings. The van der Waals surface area contributed by atoms with Gasteiger partial charge in [-0.3, -0.25) is 4.98 Å². The minimum absolute atomic E-state index is 0.455. The van der Waals surface area contributed by atoms with E-state index < -0.39 is 6.10 Å². The number of nitrogens with zero attached hydrogens (tertiary/aromatic N) is 1. The van der Waals surface area contributed by atoms with Crippen LogP contribution in [0.5, 0.6) is 0 Å². The summed E-state index contributed by atoms with van der Waals surface area (Å²) in [6.07, 6.45) is 3.96. The van der Waals surface area contributed by atoms with E-state index in [-0.39, 0.29) is 0 Å². The summed E-state index contributed by atoms with van der Waals surface area (Å²) in [5.74, 6) is 0. The van der Waals surface area contributed by atoms with E-state index in [1.54, 1.807) is 12.4 Å². The van der Waals surface area contributed by atoms with Crippen LogP contribution in [-0.2, 0) is 12.8 Å². The highest BCUT2D eigenvalue weighted by Crippen LogP contribution is 2.20. The molecule has 1 atom stereocenters. The van der Waals surface area contributed by atoms with Crippen LogP contribution in [0.25, 0.3) is 0 Å². The van der Waals surface area contributed by atoms with Crippen LogP contribution >= 0.6 is 27.5 Å². The molecule has 2 rings (SSSR count). The summed E-state index contributed by atoms with van der Waals surface area (Å²) in [6, 6.07) is 9.74. The Hall–Kier alpha value is -0.900. The summed E-state index contributed by atoms with van der Waals surface area (Å²) in [6.45, 7) is 0. The number of pyridine rings is 1. The molecule has 0 saturated carbocycles. The van der Waals surface area contributed by atoms with Gasteiger partial charge in [0.15, 0.2) is 0 Å². The topological polar surface area (TPSA) is 33.1 Å². The second kappa shape index (κ2) is 6.32. The van der Waals surface area contributed by atoms with Crippen molar-refractivity contribution in [2.45, 2.75) is 18.9 Å². The summed E-state index contributed by atoms with van der Waals surface area (Å²) < 4.78 is 1.02. The molecule has 0 amide bonds. The fourth-order valence-corrected chi connectivity index (χ4v) is 2.46. The number of aliphatic hydroxyl groups excluding tert-OH is 1. The number of hydrogen-bond acceptors (Lipinski definition) is 2. The van der Waals surface area contributed by atoms with Crippen LogP contribution < -0.4 is 0 Å². The summed E-state index contributed by atoms with van der Waals surface area (Å²) in [5.41, 5.74) is 2.02. The molecule has 18 heavy (non-hydrogen) atoms. The summed E-state index contributed by atoms with van der Waals surface area (Å²) in [5, 5.41) is 10.7. The summed E-state index contributed by atoms with van der Waals surface area (Å²) >= 11 is 9.50. The van der Waals surface area contributed by atoms with E-state index in [0.29, 0.717) is 17.9 Å². The van der Waals surface area contributed by atoms with Crippen molar-refractivity contribution >= 4 is 27.5 Å². The van der Waals surface area contributed by atoms with Crippen LogP contribution in [0.2, 0.25) is 5.02 Å². The number of halogens is 2. The molecule has 1 N–H and O–H groups in total. The molecule has 0 spiro atoms. The van der Waals surface area contributed by atoms with E-state index >= 15 is 0 Å². The Kier molecular flexibility index (Phi) is 4.75. The normalized spacial score (nSPS) is 12.4. The Morgan fingerprint density at radius 3 is 2.61 bits per heavy atom. The number of hydrogen-bond donors (Lipinski definition) is 1. The smallest absolute Gasteiger partial charge is 0.0622 e. The molecular weight excluding hydrogens is 314 g/mol. The first kappa shape index (κ1) is 13.5. The lowest BCUT2D eigenvalue weighted by molar-refractivity contribution is 0.175. The monoisotopic (exact) mass is 325 g/mol. The lowest BCUT2D eigenvalue weighted by Gasteiger charge is -2.12. The second-order valence-electron chi connectivity index (χ2n) is 4.12. The maximum absolute atomic E-state index is 10.1. The molecule has 1 aromatic carbocycles. The van der Waals surface area contributed by atoms with Crippen LogP contribution in [-0.4, -0.2) is 16.2 Å². The lowest BCUT2D eigenvalue weighted by atomic mass is 10.0. The molecule has 1 aromatic heterocycles. The van der Waals surface area contributed by atoms with Gasteiger partial charge in [-0.25, -0.2) is 0 Å². The lowest BCUT2D eigenvalue weighted by Crippen LogP contribution is -2.14. The van der Waals surface area contributed by atoms with E-state index in [4.69, 9.17) is 11.6 Å². The van der Waals surface area contributed by atoms with Crippen molar-refractivity contribution < 1.29 is 5.11 Å². The van der Waals surface area contributed by atoms with Crippen LogP contribution in [0.1, 0.15) is 11.1 Å². The van der Waals surface area contributed by atoms with Crippen molar-refractivity contribution in [3.05, 3.63) is 63.3 Å².